The minimum Gasteiger partial charge on any atom is -0.355 e. The van der Waals surface area contributed by atoms with Crippen LogP contribution >= 0.6 is 23.2 Å². The summed E-state index contributed by atoms with van der Waals surface area (Å²) >= 11 is 12.3. The summed E-state index contributed by atoms with van der Waals surface area (Å²) in [4.78, 5) is 42.4. The molecule has 2 unspecified atom stereocenters. The maximum absolute atomic E-state index is 13.6. The molecule has 3 N–H and O–H groups in total. The number of halogens is 2. The zero-order valence-electron chi connectivity index (χ0n) is 17.8. The fraction of sp³-hybridized carbons (Fsp3) is 0.250. The van der Waals surface area contributed by atoms with Gasteiger partial charge in [0, 0.05) is 29.9 Å². The van der Waals surface area contributed by atoms with Gasteiger partial charge in [-0.3, -0.25) is 19.4 Å². The quantitative estimate of drug-likeness (QED) is 0.508. The van der Waals surface area contributed by atoms with E-state index in [1.165, 1.54) is 0 Å². The van der Waals surface area contributed by atoms with Gasteiger partial charge in [-0.25, -0.2) is 0 Å². The molecular formula is C24H22Cl2N4O3. The Kier molecular flexibility index (Phi) is 6.54. The molecule has 3 aromatic rings. The van der Waals surface area contributed by atoms with Gasteiger partial charge in [-0.05, 0) is 31.0 Å². The minimum atomic E-state index is -1.47. The molecule has 1 aliphatic heterocycles. The molecule has 4 rings (SSSR count). The van der Waals surface area contributed by atoms with Crippen molar-refractivity contribution in [3.63, 3.8) is 0 Å². The lowest BCUT2D eigenvalue weighted by Gasteiger charge is -2.33. The topological polar surface area (TPSA) is 100 Å². The third kappa shape index (κ3) is 4.79. The first-order chi connectivity index (χ1) is 15.8. The van der Waals surface area contributed by atoms with E-state index in [1.54, 1.807) is 37.5 Å². The highest BCUT2D eigenvalue weighted by molar-refractivity contribution is 6.42. The number of piperidine rings is 1. The van der Waals surface area contributed by atoms with Crippen molar-refractivity contribution in [1.29, 1.82) is 0 Å². The maximum Gasteiger partial charge on any atom is 0.254 e. The second-order valence-corrected chi connectivity index (χ2v) is 8.96. The van der Waals surface area contributed by atoms with Gasteiger partial charge in [0.1, 0.15) is 5.54 Å². The molecule has 1 saturated heterocycles. The lowest BCUT2D eigenvalue weighted by molar-refractivity contribution is -0.134. The summed E-state index contributed by atoms with van der Waals surface area (Å²) < 4.78 is 0. The number of hydrogen-bond donors (Lipinski definition) is 3. The van der Waals surface area contributed by atoms with E-state index in [0.717, 1.165) is 10.8 Å². The first kappa shape index (κ1) is 23.0. The number of carbonyl (C=O) groups excluding carboxylic acids is 3. The van der Waals surface area contributed by atoms with Gasteiger partial charge < -0.3 is 16.0 Å². The molecule has 33 heavy (non-hydrogen) atoms. The second kappa shape index (κ2) is 9.37. The summed E-state index contributed by atoms with van der Waals surface area (Å²) in [6.07, 6.45) is 3.94. The standard InChI is InChI=1S/C24H22Cl2N4O3/c1-24(16-7-8-18(25)19(26)10-16,30-22(32)15-6-9-21(31)28-12-15)23(33)29-20-13-27-11-14-4-2-3-5-17(14)20/h2-5,7-8,10-11,13,15H,6,9,12H2,1H3,(H,28,31)(H,29,33)(H,30,32). The van der Waals surface area contributed by atoms with E-state index in [1.807, 2.05) is 24.3 Å². The summed E-state index contributed by atoms with van der Waals surface area (Å²) in [6, 6.07) is 12.3. The van der Waals surface area contributed by atoms with Crippen LogP contribution in [0, 0.1) is 5.92 Å². The van der Waals surface area contributed by atoms with Gasteiger partial charge in [0.15, 0.2) is 0 Å². The number of pyridine rings is 1. The number of carbonyl (C=O) groups is 3. The number of aromatic nitrogens is 1. The number of benzene rings is 2. The Morgan fingerprint density at radius 3 is 2.64 bits per heavy atom. The first-order valence-electron chi connectivity index (χ1n) is 10.5. The fourth-order valence-electron chi connectivity index (χ4n) is 3.84. The van der Waals surface area contributed by atoms with Crippen LogP contribution in [-0.2, 0) is 19.9 Å². The van der Waals surface area contributed by atoms with Crippen LogP contribution in [0.3, 0.4) is 0 Å². The molecule has 170 valence electrons. The van der Waals surface area contributed by atoms with Gasteiger partial charge in [0.05, 0.1) is 27.8 Å². The van der Waals surface area contributed by atoms with Crippen LogP contribution in [0.4, 0.5) is 5.69 Å². The van der Waals surface area contributed by atoms with Gasteiger partial charge in [-0.1, -0.05) is 53.5 Å². The molecule has 1 fully saturated rings. The molecule has 0 saturated carbocycles. The monoisotopic (exact) mass is 484 g/mol. The van der Waals surface area contributed by atoms with E-state index in [9.17, 15) is 14.4 Å². The fourth-order valence-corrected chi connectivity index (χ4v) is 4.13. The van der Waals surface area contributed by atoms with Crippen LogP contribution < -0.4 is 16.0 Å². The molecule has 9 heteroatoms. The second-order valence-electron chi connectivity index (χ2n) is 8.15. The Balaban J connectivity index is 1.68. The van der Waals surface area contributed by atoms with Crippen LogP contribution in [0.15, 0.2) is 54.9 Å². The van der Waals surface area contributed by atoms with Crippen molar-refractivity contribution in [1.82, 2.24) is 15.6 Å². The largest absolute Gasteiger partial charge is 0.355 e. The van der Waals surface area contributed by atoms with E-state index < -0.39 is 17.4 Å². The van der Waals surface area contributed by atoms with Crippen molar-refractivity contribution in [2.45, 2.75) is 25.3 Å². The Morgan fingerprint density at radius 2 is 1.91 bits per heavy atom. The van der Waals surface area contributed by atoms with Crippen molar-refractivity contribution >= 4 is 57.4 Å². The summed E-state index contributed by atoms with van der Waals surface area (Å²) in [5.74, 6) is -1.34. The predicted octanol–water partition coefficient (Wildman–Crippen LogP) is 4.04. The minimum absolute atomic E-state index is 0.0903. The van der Waals surface area contributed by atoms with Crippen molar-refractivity contribution in [2.75, 3.05) is 11.9 Å². The summed E-state index contributed by atoms with van der Waals surface area (Å²) in [5, 5.41) is 10.8. The molecule has 0 radical (unpaired) electrons. The lowest BCUT2D eigenvalue weighted by Crippen LogP contribution is -2.55. The van der Waals surface area contributed by atoms with E-state index in [2.05, 4.69) is 20.9 Å². The highest BCUT2D eigenvalue weighted by Crippen LogP contribution is 2.31. The van der Waals surface area contributed by atoms with Crippen molar-refractivity contribution < 1.29 is 14.4 Å². The number of anilines is 1. The summed E-state index contributed by atoms with van der Waals surface area (Å²) in [6.45, 7) is 1.83. The highest BCUT2D eigenvalue weighted by Gasteiger charge is 2.39. The van der Waals surface area contributed by atoms with Crippen molar-refractivity contribution in [2.24, 2.45) is 5.92 Å². The van der Waals surface area contributed by atoms with Crippen molar-refractivity contribution in [3.8, 4) is 0 Å². The van der Waals surface area contributed by atoms with Gasteiger partial charge >= 0.3 is 0 Å². The lowest BCUT2D eigenvalue weighted by atomic mass is 9.88. The average molecular weight is 485 g/mol. The number of rotatable bonds is 5. The van der Waals surface area contributed by atoms with E-state index in [4.69, 9.17) is 23.2 Å². The molecule has 1 aromatic heterocycles. The number of hydrogen-bond acceptors (Lipinski definition) is 4. The molecule has 7 nitrogen and oxygen atoms in total. The molecule has 2 atom stereocenters. The molecule has 0 spiro atoms. The summed E-state index contributed by atoms with van der Waals surface area (Å²) in [7, 11) is 0. The molecular weight excluding hydrogens is 463 g/mol. The zero-order chi connectivity index (χ0) is 23.6. The molecule has 3 amide bonds. The number of nitrogens with one attached hydrogen (secondary N) is 3. The molecule has 2 heterocycles. The first-order valence-corrected chi connectivity index (χ1v) is 11.2. The number of amides is 3. The molecule has 0 bridgehead atoms. The Hall–Kier alpha value is -3.16. The van der Waals surface area contributed by atoms with E-state index >= 15 is 0 Å². The third-order valence-corrected chi connectivity index (χ3v) is 6.62. The summed E-state index contributed by atoms with van der Waals surface area (Å²) in [5.41, 5.74) is -0.483. The predicted molar refractivity (Wildman–Crippen MR) is 128 cm³/mol. The Labute approximate surface area is 200 Å². The molecule has 1 aliphatic rings. The average Bonchev–Trinajstić information content (AvgIpc) is 2.81. The normalized spacial score (nSPS) is 17.7. The van der Waals surface area contributed by atoms with Crippen LogP contribution in [-0.4, -0.2) is 29.3 Å². The van der Waals surface area contributed by atoms with Crippen LogP contribution in [0.1, 0.15) is 25.3 Å². The molecule has 2 aromatic carbocycles. The van der Waals surface area contributed by atoms with Gasteiger partial charge in [-0.2, -0.15) is 0 Å². The number of nitrogens with zero attached hydrogens (tertiary/aromatic N) is 1. The highest BCUT2D eigenvalue weighted by atomic mass is 35.5. The Bertz CT molecular complexity index is 1230. The Morgan fingerprint density at radius 1 is 1.12 bits per heavy atom. The zero-order valence-corrected chi connectivity index (χ0v) is 19.3. The van der Waals surface area contributed by atoms with E-state index in [-0.39, 0.29) is 29.8 Å². The third-order valence-electron chi connectivity index (χ3n) is 5.88. The number of fused-ring (bicyclic) bond motifs is 1. The van der Waals surface area contributed by atoms with Gasteiger partial charge in [0.2, 0.25) is 11.8 Å². The SMILES string of the molecule is CC(NC(=O)C1CCC(=O)NC1)(C(=O)Nc1cncc2ccccc12)c1ccc(Cl)c(Cl)c1. The van der Waals surface area contributed by atoms with Crippen LogP contribution in [0.5, 0.6) is 0 Å². The molecule has 0 aliphatic carbocycles. The van der Waals surface area contributed by atoms with Gasteiger partial charge in [0.25, 0.3) is 5.91 Å². The van der Waals surface area contributed by atoms with E-state index in [0.29, 0.717) is 22.7 Å². The van der Waals surface area contributed by atoms with Gasteiger partial charge in [-0.15, -0.1) is 0 Å². The van der Waals surface area contributed by atoms with Crippen LogP contribution in [0.25, 0.3) is 10.8 Å². The maximum atomic E-state index is 13.6. The van der Waals surface area contributed by atoms with Crippen molar-refractivity contribution in [3.05, 3.63) is 70.5 Å². The van der Waals surface area contributed by atoms with Crippen LogP contribution in [0.2, 0.25) is 10.0 Å². The smallest absolute Gasteiger partial charge is 0.254 e.